The van der Waals surface area contributed by atoms with Crippen LogP contribution in [0.4, 0.5) is 5.95 Å². The summed E-state index contributed by atoms with van der Waals surface area (Å²) in [5, 5.41) is 7.67. The largest absolute Gasteiger partial charge is 0.493 e. The predicted octanol–water partition coefficient (Wildman–Crippen LogP) is 2.83. The van der Waals surface area contributed by atoms with Gasteiger partial charge in [0.25, 0.3) is 0 Å². The third-order valence-electron chi connectivity index (χ3n) is 4.20. The van der Waals surface area contributed by atoms with Crippen molar-refractivity contribution in [3.8, 4) is 22.9 Å². The van der Waals surface area contributed by atoms with Crippen LogP contribution >= 0.6 is 0 Å². The van der Waals surface area contributed by atoms with Crippen LogP contribution in [0.3, 0.4) is 0 Å². The summed E-state index contributed by atoms with van der Waals surface area (Å²) in [6.07, 6.45) is 5.25. The molecule has 0 saturated carbocycles. The lowest BCUT2D eigenvalue weighted by Crippen LogP contribution is -2.09. The molecule has 0 aliphatic heterocycles. The zero-order chi connectivity index (χ0) is 19.5. The normalized spacial score (nSPS) is 10.8. The number of methoxy groups -OCH3 is 2. The van der Waals surface area contributed by atoms with Gasteiger partial charge in [0, 0.05) is 12.7 Å². The van der Waals surface area contributed by atoms with E-state index in [4.69, 9.17) is 13.9 Å². The van der Waals surface area contributed by atoms with Crippen LogP contribution in [-0.4, -0.2) is 40.1 Å². The summed E-state index contributed by atoms with van der Waals surface area (Å²) in [5.41, 5.74) is 2.43. The standard InChI is InChI=1S/C19H17N5O4/c1-26-15-4-3-12(7-16(15)27-2)8-20-19-21-9-14(10-25)18-22-17(23-24(18)19)13-5-6-28-11-13/h3-7,9-11H,8H2,1-2H3,(H,20,21). The SMILES string of the molecule is COc1ccc(CNc2ncc(C=O)c3nc(-c4ccoc4)nn23)cc1OC. The Morgan fingerprint density at radius 1 is 1.21 bits per heavy atom. The maximum atomic E-state index is 11.4. The van der Waals surface area contributed by atoms with Crippen LogP contribution in [0, 0.1) is 0 Å². The summed E-state index contributed by atoms with van der Waals surface area (Å²) in [4.78, 5) is 20.1. The molecule has 0 fully saturated rings. The van der Waals surface area contributed by atoms with Gasteiger partial charge in [-0.05, 0) is 23.8 Å². The fourth-order valence-electron chi connectivity index (χ4n) is 2.78. The molecule has 0 amide bonds. The van der Waals surface area contributed by atoms with Gasteiger partial charge in [-0.25, -0.2) is 9.97 Å². The molecular weight excluding hydrogens is 362 g/mol. The van der Waals surface area contributed by atoms with Gasteiger partial charge in [-0.2, -0.15) is 4.52 Å². The average molecular weight is 379 g/mol. The van der Waals surface area contributed by atoms with Crippen LogP contribution in [0.15, 0.2) is 47.4 Å². The van der Waals surface area contributed by atoms with E-state index in [1.165, 1.54) is 17.0 Å². The van der Waals surface area contributed by atoms with E-state index in [1.807, 2.05) is 18.2 Å². The molecule has 0 atom stereocenters. The van der Waals surface area contributed by atoms with Gasteiger partial charge in [0.2, 0.25) is 5.95 Å². The zero-order valence-corrected chi connectivity index (χ0v) is 15.2. The van der Waals surface area contributed by atoms with E-state index in [2.05, 4.69) is 20.4 Å². The monoisotopic (exact) mass is 379 g/mol. The van der Waals surface area contributed by atoms with Crippen LogP contribution in [0.1, 0.15) is 15.9 Å². The van der Waals surface area contributed by atoms with Crippen molar-refractivity contribution < 1.29 is 18.7 Å². The molecule has 142 valence electrons. The number of aromatic nitrogens is 4. The minimum Gasteiger partial charge on any atom is -0.493 e. The molecule has 9 heteroatoms. The Hall–Kier alpha value is -3.88. The third-order valence-corrected chi connectivity index (χ3v) is 4.20. The van der Waals surface area contributed by atoms with Crippen molar-refractivity contribution in [3.05, 3.63) is 54.1 Å². The van der Waals surface area contributed by atoms with E-state index in [0.717, 1.165) is 5.56 Å². The molecule has 0 aliphatic carbocycles. The van der Waals surface area contributed by atoms with Crippen LogP contribution in [0.25, 0.3) is 17.0 Å². The number of benzene rings is 1. The second kappa shape index (κ2) is 7.39. The topological polar surface area (TPSA) is 104 Å². The van der Waals surface area contributed by atoms with Crippen molar-refractivity contribution >= 4 is 17.9 Å². The lowest BCUT2D eigenvalue weighted by Gasteiger charge is -2.11. The number of ether oxygens (including phenoxy) is 2. The molecule has 0 spiro atoms. The molecule has 28 heavy (non-hydrogen) atoms. The number of fused-ring (bicyclic) bond motifs is 1. The van der Waals surface area contributed by atoms with Gasteiger partial charge in [0.15, 0.2) is 29.3 Å². The summed E-state index contributed by atoms with van der Waals surface area (Å²) in [6, 6.07) is 7.38. The van der Waals surface area contributed by atoms with E-state index in [1.54, 1.807) is 26.5 Å². The number of furan rings is 1. The van der Waals surface area contributed by atoms with Gasteiger partial charge in [-0.15, -0.1) is 5.10 Å². The first kappa shape index (κ1) is 17.5. The van der Waals surface area contributed by atoms with Crippen molar-refractivity contribution in [2.24, 2.45) is 0 Å². The summed E-state index contributed by atoms with van der Waals surface area (Å²) >= 11 is 0. The smallest absolute Gasteiger partial charge is 0.226 e. The second-order valence-corrected chi connectivity index (χ2v) is 5.88. The van der Waals surface area contributed by atoms with Gasteiger partial charge in [0.1, 0.15) is 6.26 Å². The van der Waals surface area contributed by atoms with Crippen molar-refractivity contribution in [1.82, 2.24) is 19.6 Å². The van der Waals surface area contributed by atoms with Crippen molar-refractivity contribution in [3.63, 3.8) is 0 Å². The minimum absolute atomic E-state index is 0.346. The molecule has 0 bridgehead atoms. The second-order valence-electron chi connectivity index (χ2n) is 5.88. The van der Waals surface area contributed by atoms with Crippen LogP contribution in [0.5, 0.6) is 11.5 Å². The molecule has 0 radical (unpaired) electrons. The van der Waals surface area contributed by atoms with E-state index in [9.17, 15) is 4.79 Å². The van der Waals surface area contributed by atoms with Gasteiger partial charge >= 0.3 is 0 Å². The Morgan fingerprint density at radius 2 is 2.07 bits per heavy atom. The van der Waals surface area contributed by atoms with Gasteiger partial charge in [0.05, 0.1) is 31.6 Å². The van der Waals surface area contributed by atoms with E-state index >= 15 is 0 Å². The Morgan fingerprint density at radius 3 is 2.79 bits per heavy atom. The number of hydrogen-bond donors (Lipinski definition) is 1. The van der Waals surface area contributed by atoms with E-state index < -0.39 is 0 Å². The number of hydrogen-bond acceptors (Lipinski definition) is 8. The maximum Gasteiger partial charge on any atom is 0.226 e. The highest BCUT2D eigenvalue weighted by molar-refractivity contribution is 5.84. The summed E-state index contributed by atoms with van der Waals surface area (Å²) < 4.78 is 17.2. The Kier molecular flexibility index (Phi) is 4.63. The van der Waals surface area contributed by atoms with Crippen molar-refractivity contribution in [1.29, 1.82) is 0 Å². The number of carbonyl (C=O) groups excluding carboxylic acids is 1. The zero-order valence-electron chi connectivity index (χ0n) is 15.2. The first-order valence-corrected chi connectivity index (χ1v) is 8.41. The number of nitrogens with zero attached hydrogens (tertiary/aromatic N) is 4. The molecule has 0 saturated heterocycles. The minimum atomic E-state index is 0.346. The fourth-order valence-corrected chi connectivity index (χ4v) is 2.78. The molecule has 3 aromatic heterocycles. The summed E-state index contributed by atoms with van der Waals surface area (Å²) in [7, 11) is 3.18. The summed E-state index contributed by atoms with van der Waals surface area (Å²) in [6.45, 7) is 0.462. The molecule has 9 nitrogen and oxygen atoms in total. The number of aldehydes is 1. The Bertz CT molecular complexity index is 1120. The highest BCUT2D eigenvalue weighted by Crippen LogP contribution is 2.28. The molecule has 0 unspecified atom stereocenters. The van der Waals surface area contributed by atoms with Crippen molar-refractivity contribution in [2.75, 3.05) is 19.5 Å². The molecule has 4 rings (SSSR count). The van der Waals surface area contributed by atoms with Crippen molar-refractivity contribution in [2.45, 2.75) is 6.54 Å². The molecular formula is C19H17N5O4. The van der Waals surface area contributed by atoms with Gasteiger partial charge in [-0.3, -0.25) is 4.79 Å². The summed E-state index contributed by atoms with van der Waals surface area (Å²) in [5.74, 6) is 2.19. The molecule has 0 aliphatic rings. The lowest BCUT2D eigenvalue weighted by atomic mass is 10.2. The molecule has 1 aromatic carbocycles. The number of carbonyl (C=O) groups is 1. The van der Waals surface area contributed by atoms with E-state index in [0.29, 0.717) is 52.9 Å². The van der Waals surface area contributed by atoms with Gasteiger partial charge in [-0.1, -0.05) is 6.07 Å². The Labute approximate surface area is 159 Å². The highest BCUT2D eigenvalue weighted by atomic mass is 16.5. The van der Waals surface area contributed by atoms with E-state index in [-0.39, 0.29) is 0 Å². The first-order chi connectivity index (χ1) is 13.7. The highest BCUT2D eigenvalue weighted by Gasteiger charge is 2.15. The third kappa shape index (κ3) is 3.13. The molecule has 4 aromatic rings. The number of rotatable bonds is 7. The van der Waals surface area contributed by atoms with Crippen LogP contribution in [-0.2, 0) is 6.54 Å². The predicted molar refractivity (Wildman–Crippen MR) is 101 cm³/mol. The van der Waals surface area contributed by atoms with Gasteiger partial charge < -0.3 is 19.2 Å². The maximum absolute atomic E-state index is 11.4. The lowest BCUT2D eigenvalue weighted by molar-refractivity contribution is 0.112. The average Bonchev–Trinajstić information content (AvgIpc) is 3.41. The molecule has 3 heterocycles. The number of anilines is 1. The quantitative estimate of drug-likeness (QED) is 0.489. The molecule has 1 N–H and O–H groups in total. The Balaban J connectivity index is 1.66. The van der Waals surface area contributed by atoms with Crippen LogP contribution < -0.4 is 14.8 Å². The number of nitrogens with one attached hydrogen (secondary N) is 1. The fraction of sp³-hybridized carbons (Fsp3) is 0.158. The first-order valence-electron chi connectivity index (χ1n) is 8.41. The van der Waals surface area contributed by atoms with Crippen LogP contribution in [0.2, 0.25) is 0 Å².